The molecule has 2 aromatic heterocycles. The Balaban J connectivity index is 0.774. The van der Waals surface area contributed by atoms with Crippen LogP contribution in [0.2, 0.25) is 0 Å². The van der Waals surface area contributed by atoms with Crippen LogP contribution in [-0.4, -0.2) is 106 Å². The maximum absolute atomic E-state index is 12.2. The molecule has 2 fully saturated rings. The van der Waals surface area contributed by atoms with Gasteiger partial charge in [0, 0.05) is 38.4 Å². The van der Waals surface area contributed by atoms with Gasteiger partial charge < -0.3 is 34.3 Å². The first-order chi connectivity index (χ1) is 27.1. The molecule has 56 heavy (non-hydrogen) atoms. The highest BCUT2D eigenvalue weighted by Crippen LogP contribution is 2.53. The van der Waals surface area contributed by atoms with E-state index >= 15 is 0 Å². The van der Waals surface area contributed by atoms with Crippen LogP contribution < -0.4 is 16.6 Å². The average Bonchev–Trinajstić information content (AvgIpc) is 3.43. The molecular formula is C37H61N6O12P. The number of hydrogen-bond acceptors (Lipinski definition) is 13. The number of hydrogen-bond donors (Lipinski definition) is 4. The number of aromatic amines is 1. The molecule has 1 amide bonds. The Morgan fingerprint density at radius 2 is 1.66 bits per heavy atom. The van der Waals surface area contributed by atoms with Crippen molar-refractivity contribution in [3.8, 4) is 0 Å². The summed E-state index contributed by atoms with van der Waals surface area (Å²) in [6.45, 7) is 2.92. The van der Waals surface area contributed by atoms with Gasteiger partial charge in [0.1, 0.15) is 12.3 Å². The van der Waals surface area contributed by atoms with Crippen molar-refractivity contribution in [3.63, 3.8) is 0 Å². The molecule has 4 N–H and O–H groups in total. The normalized spacial score (nSPS) is 24.1. The SMILES string of the molecule is Cc1cn([C@H]2CC(OCCCCCCCCCCCOP(=O)(O)OCCOCCNC(=O)OC[C@@H]3[C@@H]4CCc5c(nnn5C)CC[C@@H]43)[C@@H](CO)O2)c(=O)[nH]c1=O. The molecule has 0 bridgehead atoms. The van der Waals surface area contributed by atoms with Crippen LogP contribution in [-0.2, 0) is 52.4 Å². The van der Waals surface area contributed by atoms with Crippen LogP contribution in [0.3, 0.4) is 0 Å². The maximum Gasteiger partial charge on any atom is 0.472 e. The molecule has 2 aliphatic carbocycles. The quantitative estimate of drug-likeness (QED) is 0.0832. The van der Waals surface area contributed by atoms with Crippen molar-refractivity contribution in [3.05, 3.63) is 44.0 Å². The molecule has 3 heterocycles. The first-order valence-electron chi connectivity index (χ1n) is 20.2. The first kappa shape index (κ1) is 44.1. The predicted octanol–water partition coefficient (Wildman–Crippen LogP) is 3.47. The molecule has 5 rings (SSSR count). The van der Waals surface area contributed by atoms with Crippen LogP contribution >= 0.6 is 7.82 Å². The molecule has 1 aliphatic heterocycles. The van der Waals surface area contributed by atoms with E-state index in [4.69, 9.17) is 28.0 Å². The molecule has 1 saturated carbocycles. The summed E-state index contributed by atoms with van der Waals surface area (Å²) in [6, 6.07) is 0. The van der Waals surface area contributed by atoms with E-state index in [1.54, 1.807) is 6.92 Å². The number of amides is 1. The number of aliphatic hydroxyl groups excluding tert-OH is 1. The number of ether oxygens (including phenoxy) is 4. The summed E-state index contributed by atoms with van der Waals surface area (Å²) < 4.78 is 48.1. The minimum atomic E-state index is -4.16. The van der Waals surface area contributed by atoms with Crippen molar-refractivity contribution < 1.29 is 47.4 Å². The number of H-pyrrole nitrogens is 1. The lowest BCUT2D eigenvalue weighted by molar-refractivity contribution is -0.0626. The van der Waals surface area contributed by atoms with Gasteiger partial charge in [-0.1, -0.05) is 50.2 Å². The molecule has 2 aromatic rings. The Morgan fingerprint density at radius 1 is 0.982 bits per heavy atom. The molecule has 0 spiro atoms. The number of nitrogens with zero attached hydrogens (tertiary/aromatic N) is 4. The van der Waals surface area contributed by atoms with E-state index < -0.39 is 37.5 Å². The lowest BCUT2D eigenvalue weighted by Gasteiger charge is -2.16. The zero-order chi connectivity index (χ0) is 39.9. The number of nitrogens with one attached hydrogen (secondary N) is 2. The zero-order valence-corrected chi connectivity index (χ0v) is 33.7. The molecule has 19 heteroatoms. The number of alkyl carbamates (subject to hydrolysis) is 1. The third-order valence-electron chi connectivity index (χ3n) is 11.1. The molecule has 0 aromatic carbocycles. The third kappa shape index (κ3) is 13.6. The van der Waals surface area contributed by atoms with Crippen LogP contribution in [0.4, 0.5) is 4.79 Å². The van der Waals surface area contributed by atoms with Crippen molar-refractivity contribution in [2.24, 2.45) is 24.8 Å². The fraction of sp³-hybridized carbons (Fsp3) is 0.811. The highest BCUT2D eigenvalue weighted by molar-refractivity contribution is 7.47. The number of aliphatic hydroxyl groups is 1. The van der Waals surface area contributed by atoms with E-state index in [-0.39, 0.29) is 45.7 Å². The first-order valence-corrected chi connectivity index (χ1v) is 21.7. The van der Waals surface area contributed by atoms with E-state index in [1.807, 2.05) is 11.7 Å². The summed E-state index contributed by atoms with van der Waals surface area (Å²) in [5.41, 5.74) is 1.73. The molecule has 1 saturated heterocycles. The topological polar surface area (TPSA) is 228 Å². The van der Waals surface area contributed by atoms with Crippen molar-refractivity contribution >= 4 is 13.9 Å². The van der Waals surface area contributed by atoms with E-state index in [1.165, 1.54) is 16.5 Å². The minimum Gasteiger partial charge on any atom is -0.449 e. The third-order valence-corrected chi connectivity index (χ3v) is 12.1. The van der Waals surface area contributed by atoms with Gasteiger partial charge in [0.05, 0.1) is 57.1 Å². The summed E-state index contributed by atoms with van der Waals surface area (Å²) in [5.74, 6) is 1.53. The van der Waals surface area contributed by atoms with Crippen LogP contribution in [0.15, 0.2) is 15.8 Å². The largest absolute Gasteiger partial charge is 0.472 e. The smallest absolute Gasteiger partial charge is 0.449 e. The predicted molar refractivity (Wildman–Crippen MR) is 203 cm³/mol. The summed E-state index contributed by atoms with van der Waals surface area (Å²) in [4.78, 5) is 48.2. The van der Waals surface area contributed by atoms with Gasteiger partial charge in [-0.2, -0.15) is 0 Å². The van der Waals surface area contributed by atoms with Crippen LogP contribution in [0.25, 0.3) is 0 Å². The summed E-state index contributed by atoms with van der Waals surface area (Å²) in [7, 11) is -2.22. The fourth-order valence-electron chi connectivity index (χ4n) is 7.82. The number of phosphoric acid groups is 1. The lowest BCUT2D eigenvalue weighted by Crippen LogP contribution is -2.33. The standard InChI is InChI=1S/C37H61N6O12P/c1-26-23-43(36(46)39-35(26)45)34-22-32(33(24-44)55-34)51-17-10-8-6-4-3-5-7-9-11-18-53-56(48,49)54-21-20-50-19-16-38-37(47)52-25-29-27-12-14-30-31(15-13-28(27)29)42(2)41-40-30/h23,27-29,32-34,44H,3-22,24-25H2,1-2H3,(H,38,47)(H,48,49)(H,39,45,46)/t27-,28+,29-,32?,33+,34+/m0/s1. The summed E-state index contributed by atoms with van der Waals surface area (Å²) >= 11 is 0. The highest BCUT2D eigenvalue weighted by Gasteiger charge is 2.50. The summed E-state index contributed by atoms with van der Waals surface area (Å²) in [5, 5.41) is 20.8. The molecular weight excluding hydrogens is 751 g/mol. The Morgan fingerprint density at radius 3 is 2.39 bits per heavy atom. The second kappa shape index (κ2) is 22.3. The second-order valence-electron chi connectivity index (χ2n) is 15.1. The molecule has 7 atom stereocenters. The molecule has 18 nitrogen and oxygen atoms in total. The fourth-order valence-corrected chi connectivity index (χ4v) is 8.56. The minimum absolute atomic E-state index is 0.0820. The molecule has 3 aliphatic rings. The van der Waals surface area contributed by atoms with E-state index in [2.05, 4.69) is 20.6 Å². The Hall–Kier alpha value is -2.96. The number of fused-ring (bicyclic) bond motifs is 2. The Bertz CT molecular complexity index is 1690. The monoisotopic (exact) mass is 812 g/mol. The van der Waals surface area contributed by atoms with Crippen molar-refractivity contribution in [2.45, 2.75) is 115 Å². The lowest BCUT2D eigenvalue weighted by atomic mass is 10.0. The Kier molecular flexibility index (Phi) is 17.5. The highest BCUT2D eigenvalue weighted by atomic mass is 31.2. The van der Waals surface area contributed by atoms with Gasteiger partial charge >= 0.3 is 19.6 Å². The summed E-state index contributed by atoms with van der Waals surface area (Å²) in [6.07, 6.45) is 12.7. The maximum atomic E-state index is 12.2. The van der Waals surface area contributed by atoms with E-state index in [0.717, 1.165) is 82.7 Å². The molecule has 316 valence electrons. The molecule has 2 unspecified atom stereocenters. The van der Waals surface area contributed by atoms with Crippen molar-refractivity contribution in [2.75, 3.05) is 52.8 Å². The van der Waals surface area contributed by atoms with Gasteiger partial charge in [-0.25, -0.2) is 14.2 Å². The van der Waals surface area contributed by atoms with Crippen molar-refractivity contribution in [1.82, 2.24) is 29.9 Å². The number of rotatable bonds is 25. The number of aryl methyl sites for hydroxylation is 3. The number of unbranched alkanes of at least 4 members (excludes halogenated alkanes) is 8. The van der Waals surface area contributed by atoms with Crippen molar-refractivity contribution in [1.29, 1.82) is 0 Å². The number of aromatic nitrogens is 5. The van der Waals surface area contributed by atoms with Gasteiger partial charge in [-0.3, -0.25) is 28.1 Å². The molecule has 0 radical (unpaired) electrons. The van der Waals surface area contributed by atoms with Gasteiger partial charge in [0.2, 0.25) is 0 Å². The van der Waals surface area contributed by atoms with Gasteiger partial charge in [0.25, 0.3) is 5.56 Å². The number of phosphoric ester groups is 1. The average molecular weight is 813 g/mol. The van der Waals surface area contributed by atoms with Crippen LogP contribution in [0, 0.1) is 24.7 Å². The van der Waals surface area contributed by atoms with Crippen LogP contribution in [0.1, 0.15) is 100 Å². The van der Waals surface area contributed by atoms with Gasteiger partial charge in [0.15, 0.2) is 0 Å². The Labute approximate surface area is 327 Å². The number of carbonyl (C=O) groups is 1. The van der Waals surface area contributed by atoms with E-state index in [0.29, 0.717) is 49.4 Å². The number of carbonyl (C=O) groups excluding carboxylic acids is 1. The van der Waals surface area contributed by atoms with Gasteiger partial charge in [-0.05, 0) is 63.2 Å². The van der Waals surface area contributed by atoms with Gasteiger partial charge in [-0.15, -0.1) is 5.10 Å². The second-order valence-corrected chi connectivity index (χ2v) is 16.5. The van der Waals surface area contributed by atoms with E-state index in [9.17, 15) is 28.9 Å². The zero-order valence-electron chi connectivity index (χ0n) is 32.8. The van der Waals surface area contributed by atoms with Crippen LogP contribution in [0.5, 0.6) is 0 Å².